The maximum atomic E-state index is 11.8. The molecule has 0 aliphatic heterocycles. The van der Waals surface area contributed by atoms with Gasteiger partial charge in [0.05, 0.1) is 18.5 Å². The first-order valence-electron chi connectivity index (χ1n) is 6.66. The van der Waals surface area contributed by atoms with Gasteiger partial charge in [-0.3, -0.25) is 9.78 Å². The van der Waals surface area contributed by atoms with Crippen LogP contribution in [0.25, 0.3) is 17.5 Å². The van der Waals surface area contributed by atoms with Gasteiger partial charge in [-0.05, 0) is 29.7 Å². The molecular weight excluding hydrogens is 298 g/mol. The number of thiophene rings is 1. The van der Waals surface area contributed by atoms with Gasteiger partial charge in [-0.25, -0.2) is 4.98 Å². The second-order valence-electron chi connectivity index (χ2n) is 4.40. The van der Waals surface area contributed by atoms with Gasteiger partial charge in [0.1, 0.15) is 5.69 Å². The average Bonchev–Trinajstić information content (AvgIpc) is 3.24. The fourth-order valence-electron chi connectivity index (χ4n) is 1.89. The van der Waals surface area contributed by atoms with Crippen LogP contribution in [0.1, 0.15) is 10.6 Å². The molecule has 3 aromatic rings. The summed E-state index contributed by atoms with van der Waals surface area (Å²) < 4.78 is 5.34. The monoisotopic (exact) mass is 311 g/mol. The summed E-state index contributed by atoms with van der Waals surface area (Å²) in [6.07, 6.45) is 8.06. The van der Waals surface area contributed by atoms with Gasteiger partial charge in [0, 0.05) is 23.3 Å². The third kappa shape index (κ3) is 3.48. The third-order valence-electron chi connectivity index (χ3n) is 2.90. The number of carbonyl (C=O) groups is 1. The minimum absolute atomic E-state index is 0.176. The number of rotatable bonds is 5. The van der Waals surface area contributed by atoms with Crippen LogP contribution in [-0.2, 0) is 11.3 Å². The standard InChI is InChI=1S/C16H13N3O2S/c20-15(6-5-12-3-2-10-22-12)19-11-13-16(18-8-7-17-13)14-4-1-9-21-14/h1-10H,11H2,(H,19,20). The summed E-state index contributed by atoms with van der Waals surface area (Å²) in [5.74, 6) is 0.455. The first-order valence-corrected chi connectivity index (χ1v) is 7.54. The van der Waals surface area contributed by atoms with Crippen molar-refractivity contribution in [3.8, 4) is 11.5 Å². The maximum absolute atomic E-state index is 11.8. The van der Waals surface area contributed by atoms with Crippen molar-refractivity contribution in [1.29, 1.82) is 0 Å². The average molecular weight is 311 g/mol. The Kier molecular flexibility index (Phi) is 4.41. The van der Waals surface area contributed by atoms with Crippen molar-refractivity contribution in [2.45, 2.75) is 6.54 Å². The highest BCUT2D eigenvalue weighted by Crippen LogP contribution is 2.19. The van der Waals surface area contributed by atoms with Gasteiger partial charge in [0.2, 0.25) is 5.91 Å². The van der Waals surface area contributed by atoms with E-state index in [9.17, 15) is 4.79 Å². The molecule has 0 spiro atoms. The Morgan fingerprint density at radius 1 is 1.27 bits per heavy atom. The predicted octanol–water partition coefficient (Wildman–Crippen LogP) is 3.13. The molecule has 0 aromatic carbocycles. The molecule has 0 radical (unpaired) electrons. The summed E-state index contributed by atoms with van der Waals surface area (Å²) >= 11 is 1.58. The lowest BCUT2D eigenvalue weighted by atomic mass is 10.2. The highest BCUT2D eigenvalue weighted by molar-refractivity contribution is 7.10. The molecule has 0 saturated carbocycles. The van der Waals surface area contributed by atoms with E-state index in [1.165, 1.54) is 6.08 Å². The summed E-state index contributed by atoms with van der Waals surface area (Å²) in [5, 5.41) is 4.76. The van der Waals surface area contributed by atoms with Gasteiger partial charge in [0.15, 0.2) is 5.76 Å². The SMILES string of the molecule is O=C(C=Cc1cccs1)NCc1nccnc1-c1ccco1. The van der Waals surface area contributed by atoms with Crippen molar-refractivity contribution >= 4 is 23.3 Å². The molecule has 0 bridgehead atoms. The fraction of sp³-hybridized carbons (Fsp3) is 0.0625. The van der Waals surface area contributed by atoms with E-state index in [1.807, 2.05) is 23.6 Å². The van der Waals surface area contributed by atoms with Crippen molar-refractivity contribution in [1.82, 2.24) is 15.3 Å². The number of hydrogen-bond acceptors (Lipinski definition) is 5. The first-order chi connectivity index (χ1) is 10.8. The zero-order valence-corrected chi connectivity index (χ0v) is 12.4. The normalized spacial score (nSPS) is 10.9. The van der Waals surface area contributed by atoms with E-state index in [1.54, 1.807) is 42.1 Å². The Morgan fingerprint density at radius 3 is 2.95 bits per heavy atom. The minimum Gasteiger partial charge on any atom is -0.463 e. The van der Waals surface area contributed by atoms with Gasteiger partial charge < -0.3 is 9.73 Å². The van der Waals surface area contributed by atoms with Crippen molar-refractivity contribution in [2.75, 3.05) is 0 Å². The number of aromatic nitrogens is 2. The van der Waals surface area contributed by atoms with Gasteiger partial charge in [-0.2, -0.15) is 0 Å². The van der Waals surface area contributed by atoms with E-state index in [2.05, 4.69) is 15.3 Å². The Labute approximate surface area is 131 Å². The minimum atomic E-state index is -0.176. The molecule has 1 amide bonds. The van der Waals surface area contributed by atoms with Crippen LogP contribution in [0.15, 0.2) is 58.8 Å². The summed E-state index contributed by atoms with van der Waals surface area (Å²) in [6.45, 7) is 0.289. The van der Waals surface area contributed by atoms with E-state index in [4.69, 9.17) is 4.42 Å². The second kappa shape index (κ2) is 6.82. The van der Waals surface area contributed by atoms with E-state index >= 15 is 0 Å². The smallest absolute Gasteiger partial charge is 0.244 e. The Morgan fingerprint density at radius 2 is 2.18 bits per heavy atom. The quantitative estimate of drug-likeness (QED) is 0.735. The summed E-state index contributed by atoms with van der Waals surface area (Å²) in [6, 6.07) is 7.49. The van der Waals surface area contributed by atoms with Crippen molar-refractivity contribution in [3.63, 3.8) is 0 Å². The molecule has 0 fully saturated rings. The molecule has 1 N–H and O–H groups in total. The van der Waals surface area contributed by atoms with Crippen LogP contribution in [0.5, 0.6) is 0 Å². The van der Waals surface area contributed by atoms with Crippen LogP contribution in [-0.4, -0.2) is 15.9 Å². The lowest BCUT2D eigenvalue weighted by molar-refractivity contribution is -0.116. The summed E-state index contributed by atoms with van der Waals surface area (Å²) in [7, 11) is 0. The van der Waals surface area contributed by atoms with E-state index in [-0.39, 0.29) is 12.5 Å². The molecule has 22 heavy (non-hydrogen) atoms. The Hall–Kier alpha value is -2.73. The number of hydrogen-bond donors (Lipinski definition) is 1. The largest absolute Gasteiger partial charge is 0.463 e. The molecular formula is C16H13N3O2S. The molecule has 0 atom stereocenters. The van der Waals surface area contributed by atoms with Crippen LogP contribution in [0, 0.1) is 0 Å². The van der Waals surface area contributed by atoms with Gasteiger partial charge in [-0.15, -0.1) is 11.3 Å². The second-order valence-corrected chi connectivity index (χ2v) is 5.37. The summed E-state index contributed by atoms with van der Waals surface area (Å²) in [4.78, 5) is 21.4. The van der Waals surface area contributed by atoms with E-state index in [0.717, 1.165) is 4.88 Å². The van der Waals surface area contributed by atoms with Gasteiger partial charge >= 0.3 is 0 Å². The lowest BCUT2D eigenvalue weighted by Crippen LogP contribution is -2.21. The van der Waals surface area contributed by atoms with Crippen LogP contribution in [0.3, 0.4) is 0 Å². The van der Waals surface area contributed by atoms with Crippen molar-refractivity contribution in [3.05, 3.63) is 64.9 Å². The van der Waals surface area contributed by atoms with Gasteiger partial charge in [-0.1, -0.05) is 6.07 Å². The number of amides is 1. The molecule has 110 valence electrons. The van der Waals surface area contributed by atoms with E-state index in [0.29, 0.717) is 17.1 Å². The highest BCUT2D eigenvalue weighted by atomic mass is 32.1. The van der Waals surface area contributed by atoms with Crippen LogP contribution in [0.4, 0.5) is 0 Å². The molecule has 0 saturated heterocycles. The molecule has 3 rings (SSSR count). The molecule has 0 aliphatic rings. The molecule has 3 heterocycles. The zero-order valence-electron chi connectivity index (χ0n) is 11.6. The lowest BCUT2D eigenvalue weighted by Gasteiger charge is -2.05. The number of nitrogens with one attached hydrogen (secondary N) is 1. The third-order valence-corrected chi connectivity index (χ3v) is 3.74. The van der Waals surface area contributed by atoms with Crippen LogP contribution in [0.2, 0.25) is 0 Å². The van der Waals surface area contributed by atoms with Crippen molar-refractivity contribution < 1.29 is 9.21 Å². The molecule has 0 unspecified atom stereocenters. The molecule has 0 aliphatic carbocycles. The molecule has 6 heteroatoms. The molecule has 3 aromatic heterocycles. The zero-order chi connectivity index (χ0) is 15.2. The molecule has 5 nitrogen and oxygen atoms in total. The van der Waals surface area contributed by atoms with Gasteiger partial charge in [0.25, 0.3) is 0 Å². The summed E-state index contributed by atoms with van der Waals surface area (Å²) in [5.41, 5.74) is 1.30. The van der Waals surface area contributed by atoms with Crippen LogP contribution >= 0.6 is 11.3 Å². The van der Waals surface area contributed by atoms with Crippen LogP contribution < -0.4 is 5.32 Å². The topological polar surface area (TPSA) is 68.0 Å². The van der Waals surface area contributed by atoms with E-state index < -0.39 is 0 Å². The Balaban J connectivity index is 1.66. The number of furan rings is 1. The van der Waals surface area contributed by atoms with Crippen molar-refractivity contribution in [2.24, 2.45) is 0 Å². The predicted molar refractivity (Wildman–Crippen MR) is 84.9 cm³/mol. The Bertz CT molecular complexity index is 765. The fourth-order valence-corrected chi connectivity index (χ4v) is 2.51. The maximum Gasteiger partial charge on any atom is 0.244 e. The first kappa shape index (κ1) is 14.2. The number of carbonyl (C=O) groups excluding carboxylic acids is 1. The highest BCUT2D eigenvalue weighted by Gasteiger charge is 2.10. The number of nitrogens with zero attached hydrogens (tertiary/aromatic N) is 2.